The lowest BCUT2D eigenvalue weighted by Crippen LogP contribution is -2.32. The van der Waals surface area contributed by atoms with Gasteiger partial charge in [-0.1, -0.05) is 24.3 Å². The molecule has 0 fully saturated rings. The van der Waals surface area contributed by atoms with Gasteiger partial charge >= 0.3 is 0 Å². The van der Waals surface area contributed by atoms with E-state index in [0.717, 1.165) is 0 Å². The van der Waals surface area contributed by atoms with Crippen LogP contribution in [-0.2, 0) is 6.54 Å². The van der Waals surface area contributed by atoms with Crippen molar-refractivity contribution in [3.63, 3.8) is 0 Å². The van der Waals surface area contributed by atoms with E-state index in [-0.39, 0.29) is 17.0 Å². The van der Waals surface area contributed by atoms with Crippen LogP contribution in [0.1, 0.15) is 29.8 Å². The number of amides is 1. The van der Waals surface area contributed by atoms with E-state index >= 15 is 0 Å². The minimum Gasteiger partial charge on any atom is -0.506 e. The fourth-order valence-electron chi connectivity index (χ4n) is 3.72. The number of pyridine rings is 2. The average Bonchev–Trinajstić information content (AvgIpc) is 2.78. The van der Waals surface area contributed by atoms with E-state index in [4.69, 9.17) is 0 Å². The highest BCUT2D eigenvalue weighted by molar-refractivity contribution is 6.07. The first-order valence-electron chi connectivity index (χ1n) is 9.88. The van der Waals surface area contributed by atoms with E-state index in [9.17, 15) is 24.6 Å². The Morgan fingerprint density at radius 3 is 2.34 bits per heavy atom. The van der Waals surface area contributed by atoms with Crippen molar-refractivity contribution in [3.05, 3.63) is 80.4 Å². The zero-order chi connectivity index (χ0) is 23.0. The number of para-hydroxylation sites is 2. The number of carbonyl (C=O) groups is 1. The number of hydrogen-bond donors (Lipinski definition) is 4. The number of rotatable bonds is 4. The normalized spacial score (nSPS) is 11.8. The number of benzene rings is 2. The molecule has 0 aliphatic rings. The fourth-order valence-corrected chi connectivity index (χ4v) is 3.72. The minimum absolute atomic E-state index is 0.0268. The van der Waals surface area contributed by atoms with Crippen LogP contribution in [0, 0.1) is 0 Å². The van der Waals surface area contributed by atoms with Crippen molar-refractivity contribution in [1.82, 2.24) is 15.0 Å². The predicted molar refractivity (Wildman–Crippen MR) is 121 cm³/mol. The first-order chi connectivity index (χ1) is 15.3. The SMILES string of the molecule is CCn1c(=O)c(C(=O)N/N=C(\C)c2c(O)c3ccccc3[nH]c2=O)c(O)c2ccccc21. The van der Waals surface area contributed by atoms with Gasteiger partial charge in [0, 0.05) is 17.3 Å². The molecule has 4 rings (SSSR count). The molecule has 9 nitrogen and oxygen atoms in total. The zero-order valence-corrected chi connectivity index (χ0v) is 17.3. The summed E-state index contributed by atoms with van der Waals surface area (Å²) in [6, 6.07) is 13.4. The highest BCUT2D eigenvalue weighted by atomic mass is 16.3. The standard InChI is InChI=1S/C23H20N4O5/c1-3-27-16-11-7-5-9-14(16)20(29)18(23(27)32)22(31)26-25-12(2)17-19(28)13-8-4-6-10-15(13)24-21(17)30/h4-11,29H,3H2,1-2H3,(H,26,31)(H2,24,28,30)/b25-12+. The Morgan fingerprint density at radius 2 is 1.62 bits per heavy atom. The number of carbonyl (C=O) groups excluding carboxylic acids is 1. The Hall–Kier alpha value is -4.40. The number of H-pyrrole nitrogens is 1. The number of nitrogens with one attached hydrogen (secondary N) is 2. The van der Waals surface area contributed by atoms with Crippen LogP contribution in [0.2, 0.25) is 0 Å². The molecule has 0 radical (unpaired) electrons. The maximum absolute atomic E-state index is 12.8. The summed E-state index contributed by atoms with van der Waals surface area (Å²) in [4.78, 5) is 40.7. The Balaban J connectivity index is 1.76. The van der Waals surface area contributed by atoms with Crippen molar-refractivity contribution in [2.45, 2.75) is 20.4 Å². The first kappa shape index (κ1) is 20.9. The number of aryl methyl sites for hydroxylation is 1. The quantitative estimate of drug-likeness (QED) is 0.290. The Kier molecular flexibility index (Phi) is 5.23. The number of aromatic amines is 1. The fraction of sp³-hybridized carbons (Fsp3) is 0.130. The van der Waals surface area contributed by atoms with Crippen molar-refractivity contribution >= 4 is 33.4 Å². The summed E-state index contributed by atoms with van der Waals surface area (Å²) in [5.74, 6) is -1.66. The molecule has 0 aliphatic heterocycles. The lowest BCUT2D eigenvalue weighted by Gasteiger charge is -2.13. The summed E-state index contributed by atoms with van der Waals surface area (Å²) < 4.78 is 1.38. The van der Waals surface area contributed by atoms with Gasteiger partial charge in [-0.05, 0) is 38.1 Å². The van der Waals surface area contributed by atoms with Crippen LogP contribution in [0.15, 0.2) is 63.2 Å². The second-order valence-electron chi connectivity index (χ2n) is 7.15. The summed E-state index contributed by atoms with van der Waals surface area (Å²) in [5, 5.41) is 25.8. The molecule has 0 bridgehead atoms. The minimum atomic E-state index is -0.934. The second kappa shape index (κ2) is 8.03. The van der Waals surface area contributed by atoms with Gasteiger partial charge in [0.25, 0.3) is 17.0 Å². The van der Waals surface area contributed by atoms with Crippen molar-refractivity contribution in [2.75, 3.05) is 0 Å². The number of nitrogens with zero attached hydrogens (tertiary/aromatic N) is 2. The van der Waals surface area contributed by atoms with Gasteiger partial charge in [-0.3, -0.25) is 14.4 Å². The van der Waals surface area contributed by atoms with E-state index < -0.39 is 28.3 Å². The molecule has 32 heavy (non-hydrogen) atoms. The Bertz CT molecular complexity index is 1530. The summed E-state index contributed by atoms with van der Waals surface area (Å²) in [6.07, 6.45) is 0. The van der Waals surface area contributed by atoms with E-state index in [0.29, 0.717) is 28.4 Å². The van der Waals surface area contributed by atoms with Gasteiger partial charge in [-0.25, -0.2) is 5.43 Å². The van der Waals surface area contributed by atoms with Gasteiger partial charge in [0.15, 0.2) is 0 Å². The van der Waals surface area contributed by atoms with Crippen molar-refractivity contribution in [3.8, 4) is 11.5 Å². The van der Waals surface area contributed by atoms with Gasteiger partial charge in [0.1, 0.15) is 22.6 Å². The molecule has 0 saturated heterocycles. The lowest BCUT2D eigenvalue weighted by molar-refractivity contribution is 0.0950. The summed E-state index contributed by atoms with van der Waals surface area (Å²) in [5.41, 5.74) is 1.37. The molecule has 4 aromatic rings. The molecule has 0 unspecified atom stereocenters. The molecule has 2 aromatic heterocycles. The average molecular weight is 432 g/mol. The topological polar surface area (TPSA) is 137 Å². The first-order valence-corrected chi connectivity index (χ1v) is 9.88. The third kappa shape index (κ3) is 3.29. The second-order valence-corrected chi connectivity index (χ2v) is 7.15. The van der Waals surface area contributed by atoms with Crippen LogP contribution < -0.4 is 16.5 Å². The van der Waals surface area contributed by atoms with Crippen LogP contribution in [0.5, 0.6) is 11.5 Å². The van der Waals surface area contributed by atoms with Crippen LogP contribution in [0.4, 0.5) is 0 Å². The highest BCUT2D eigenvalue weighted by Crippen LogP contribution is 2.27. The number of fused-ring (bicyclic) bond motifs is 2. The summed E-state index contributed by atoms with van der Waals surface area (Å²) >= 11 is 0. The van der Waals surface area contributed by atoms with Gasteiger partial charge < -0.3 is 19.8 Å². The van der Waals surface area contributed by atoms with Crippen LogP contribution in [-0.4, -0.2) is 31.4 Å². The lowest BCUT2D eigenvalue weighted by atomic mass is 10.1. The Morgan fingerprint density at radius 1 is 1.00 bits per heavy atom. The van der Waals surface area contributed by atoms with Crippen LogP contribution in [0.25, 0.3) is 21.8 Å². The zero-order valence-electron chi connectivity index (χ0n) is 17.3. The molecule has 4 N–H and O–H groups in total. The third-order valence-corrected chi connectivity index (χ3v) is 5.27. The van der Waals surface area contributed by atoms with Gasteiger partial charge in [-0.15, -0.1) is 0 Å². The third-order valence-electron chi connectivity index (χ3n) is 5.27. The van der Waals surface area contributed by atoms with E-state index in [2.05, 4.69) is 15.5 Å². The smallest absolute Gasteiger partial charge is 0.280 e. The van der Waals surface area contributed by atoms with Crippen molar-refractivity contribution < 1.29 is 15.0 Å². The monoisotopic (exact) mass is 432 g/mol. The van der Waals surface area contributed by atoms with Crippen molar-refractivity contribution in [2.24, 2.45) is 5.10 Å². The molecule has 162 valence electrons. The molecule has 0 aliphatic carbocycles. The van der Waals surface area contributed by atoms with Crippen LogP contribution in [0.3, 0.4) is 0 Å². The van der Waals surface area contributed by atoms with Gasteiger partial charge in [-0.2, -0.15) is 5.10 Å². The van der Waals surface area contributed by atoms with Crippen molar-refractivity contribution in [1.29, 1.82) is 0 Å². The summed E-state index contributed by atoms with van der Waals surface area (Å²) in [6.45, 7) is 3.48. The van der Waals surface area contributed by atoms with E-state index in [1.807, 2.05) is 0 Å². The molecule has 2 aromatic carbocycles. The molecule has 1 amide bonds. The molecular formula is C23H20N4O5. The largest absolute Gasteiger partial charge is 0.506 e. The molecule has 2 heterocycles. The van der Waals surface area contributed by atoms with E-state index in [1.54, 1.807) is 55.5 Å². The molecule has 0 atom stereocenters. The van der Waals surface area contributed by atoms with Crippen LogP contribution >= 0.6 is 0 Å². The maximum atomic E-state index is 12.8. The van der Waals surface area contributed by atoms with Gasteiger partial charge in [0.2, 0.25) is 0 Å². The number of hydrazone groups is 1. The number of aromatic nitrogens is 2. The molecule has 0 saturated carbocycles. The molecule has 9 heteroatoms. The molecular weight excluding hydrogens is 412 g/mol. The van der Waals surface area contributed by atoms with E-state index in [1.165, 1.54) is 11.5 Å². The predicted octanol–water partition coefficient (Wildman–Crippen LogP) is 2.43. The molecule has 0 spiro atoms. The van der Waals surface area contributed by atoms with Gasteiger partial charge in [0.05, 0.1) is 16.7 Å². The summed E-state index contributed by atoms with van der Waals surface area (Å²) in [7, 11) is 0. The number of hydrogen-bond acceptors (Lipinski definition) is 6. The number of aromatic hydroxyl groups is 2. The Labute approximate surface area is 181 Å². The maximum Gasteiger partial charge on any atom is 0.280 e. The highest BCUT2D eigenvalue weighted by Gasteiger charge is 2.22.